The number of aryl methyl sites for hydroxylation is 2. The molecule has 0 saturated heterocycles. The van der Waals surface area contributed by atoms with Crippen LogP contribution in [0.1, 0.15) is 78.6 Å². The lowest BCUT2D eigenvalue weighted by molar-refractivity contribution is -0.141. The van der Waals surface area contributed by atoms with Crippen molar-refractivity contribution in [1.82, 2.24) is 36.1 Å². The zero-order valence-corrected chi connectivity index (χ0v) is 38.0. The van der Waals surface area contributed by atoms with Crippen LogP contribution in [0.4, 0.5) is 0 Å². The minimum atomic E-state index is -1.44. The Kier molecular flexibility index (Phi) is 15.8. The molecule has 1 unspecified atom stereocenters. The van der Waals surface area contributed by atoms with Gasteiger partial charge in [0.25, 0.3) is 5.91 Å². The maximum Gasteiger partial charge on any atom is 0.255 e. The first-order valence-electron chi connectivity index (χ1n) is 21.2. The molecule has 4 aromatic rings. The van der Waals surface area contributed by atoms with E-state index in [2.05, 4.69) is 52.0 Å². The molecule has 18 heteroatoms. The topological polar surface area (TPSA) is 277 Å². The van der Waals surface area contributed by atoms with Gasteiger partial charge in [-0.25, -0.2) is 9.97 Å². The van der Waals surface area contributed by atoms with E-state index < -0.39 is 53.7 Å². The number of aromatic nitrogens is 2. The van der Waals surface area contributed by atoms with Crippen LogP contribution in [-0.2, 0) is 31.0 Å². The number of fused-ring (bicyclic) bond motifs is 5. The Bertz CT molecular complexity index is 2460. The third-order valence-corrected chi connectivity index (χ3v) is 11.1. The van der Waals surface area contributed by atoms with E-state index in [4.69, 9.17) is 26.2 Å². The van der Waals surface area contributed by atoms with Crippen molar-refractivity contribution in [2.45, 2.75) is 84.0 Å². The summed E-state index contributed by atoms with van der Waals surface area (Å²) in [6.07, 6.45) is -0.237. The van der Waals surface area contributed by atoms with Gasteiger partial charge in [0.1, 0.15) is 54.6 Å². The summed E-state index contributed by atoms with van der Waals surface area (Å²) in [4.78, 5) is 80.8. The molecular formula is C47H58N10O8. The normalized spacial score (nSPS) is 16.7. The van der Waals surface area contributed by atoms with Crippen LogP contribution in [0, 0.1) is 25.2 Å². The monoisotopic (exact) mass is 890 g/mol. The first-order valence-corrected chi connectivity index (χ1v) is 21.2. The van der Waals surface area contributed by atoms with Crippen LogP contribution in [0.5, 0.6) is 17.2 Å². The maximum absolute atomic E-state index is 14.7. The molecule has 4 bridgehead atoms. The first-order chi connectivity index (χ1) is 30.8. The highest BCUT2D eigenvalue weighted by atomic mass is 16.5. The van der Waals surface area contributed by atoms with E-state index in [9.17, 15) is 29.1 Å². The molecule has 0 aliphatic carbocycles. The SMILES string of the molecule is COc1cc(O)c2cc1-c1cc(ccc1OCCN)[C@H](N(C)C(=O)C(CCN)NC(=O)c1c(C)nc(-c3ccc(C(C)(C)C)cc3)nc1C)C(=O)N[C@@H](C)C(=O)N[C@H](C(=O)NCC#N)C2. The first kappa shape index (κ1) is 48.9. The molecule has 0 saturated carbocycles. The Morgan fingerprint density at radius 2 is 1.63 bits per heavy atom. The molecule has 1 aliphatic heterocycles. The minimum Gasteiger partial charge on any atom is -0.508 e. The predicted molar refractivity (Wildman–Crippen MR) is 243 cm³/mol. The Morgan fingerprint density at radius 3 is 2.23 bits per heavy atom. The van der Waals surface area contributed by atoms with Gasteiger partial charge in [-0.05, 0) is 74.0 Å². The fourth-order valence-corrected chi connectivity index (χ4v) is 7.59. The molecule has 9 N–H and O–H groups in total. The molecule has 0 spiro atoms. The number of carbonyl (C=O) groups is 5. The van der Waals surface area contributed by atoms with E-state index in [1.165, 1.54) is 27.1 Å². The average Bonchev–Trinajstić information content (AvgIpc) is 3.26. The molecule has 4 atom stereocenters. The molecule has 3 aromatic carbocycles. The number of hydrogen-bond donors (Lipinski definition) is 7. The Morgan fingerprint density at radius 1 is 0.969 bits per heavy atom. The van der Waals surface area contributed by atoms with Gasteiger partial charge in [0.2, 0.25) is 23.6 Å². The van der Waals surface area contributed by atoms with Crippen LogP contribution >= 0.6 is 0 Å². The molecule has 1 aromatic heterocycles. The number of hydrogen-bond acceptors (Lipinski definition) is 13. The second-order valence-electron chi connectivity index (χ2n) is 16.8. The number of ether oxygens (including phenoxy) is 2. The van der Waals surface area contributed by atoms with Gasteiger partial charge in [0.15, 0.2) is 5.82 Å². The number of phenols is 1. The maximum atomic E-state index is 14.7. The van der Waals surface area contributed by atoms with E-state index in [1.54, 1.807) is 38.1 Å². The largest absolute Gasteiger partial charge is 0.508 e. The summed E-state index contributed by atoms with van der Waals surface area (Å²) >= 11 is 0. The third kappa shape index (κ3) is 11.4. The van der Waals surface area contributed by atoms with Crippen molar-refractivity contribution in [3.63, 3.8) is 0 Å². The Balaban J connectivity index is 1.57. The lowest BCUT2D eigenvalue weighted by Gasteiger charge is -2.32. The van der Waals surface area contributed by atoms with Crippen LogP contribution in [0.15, 0.2) is 54.6 Å². The number of nitrogens with zero attached hydrogens (tertiary/aromatic N) is 4. The van der Waals surface area contributed by atoms with E-state index in [0.717, 1.165) is 16.0 Å². The molecule has 2 heterocycles. The number of methoxy groups -OCH3 is 1. The van der Waals surface area contributed by atoms with E-state index >= 15 is 0 Å². The molecule has 5 rings (SSSR count). The number of nitriles is 1. The molecule has 18 nitrogen and oxygen atoms in total. The number of nitrogens with two attached hydrogens (primary N) is 2. The van der Waals surface area contributed by atoms with Crippen molar-refractivity contribution in [2.24, 2.45) is 11.5 Å². The zero-order valence-electron chi connectivity index (χ0n) is 38.0. The van der Waals surface area contributed by atoms with Gasteiger partial charge in [-0.15, -0.1) is 0 Å². The predicted octanol–water partition coefficient (Wildman–Crippen LogP) is 2.61. The second-order valence-corrected chi connectivity index (χ2v) is 16.8. The summed E-state index contributed by atoms with van der Waals surface area (Å²) in [5, 5.41) is 30.8. The van der Waals surface area contributed by atoms with Crippen LogP contribution in [0.3, 0.4) is 0 Å². The molecule has 1 aliphatic rings. The zero-order chi connectivity index (χ0) is 47.7. The quantitative estimate of drug-likeness (QED) is 0.0953. The highest BCUT2D eigenvalue weighted by molar-refractivity contribution is 6.00. The van der Waals surface area contributed by atoms with Crippen molar-refractivity contribution in [1.29, 1.82) is 5.26 Å². The molecule has 5 amide bonds. The van der Waals surface area contributed by atoms with Crippen molar-refractivity contribution in [2.75, 3.05) is 40.4 Å². The van der Waals surface area contributed by atoms with Gasteiger partial charge in [-0.3, -0.25) is 24.0 Å². The fraction of sp³-hybridized carbons (Fsp3) is 0.404. The number of carbonyl (C=O) groups excluding carboxylic acids is 5. The van der Waals surface area contributed by atoms with Gasteiger partial charge in [0, 0.05) is 42.8 Å². The summed E-state index contributed by atoms with van der Waals surface area (Å²) in [6.45, 7) is 11.0. The smallest absolute Gasteiger partial charge is 0.255 e. The highest BCUT2D eigenvalue weighted by Crippen LogP contribution is 2.42. The van der Waals surface area contributed by atoms with Gasteiger partial charge < -0.3 is 52.2 Å². The van der Waals surface area contributed by atoms with Gasteiger partial charge in [-0.2, -0.15) is 5.26 Å². The van der Waals surface area contributed by atoms with Crippen LogP contribution < -0.4 is 42.2 Å². The molecule has 0 fully saturated rings. The summed E-state index contributed by atoms with van der Waals surface area (Å²) in [7, 11) is 2.78. The van der Waals surface area contributed by atoms with E-state index in [1.807, 2.05) is 30.3 Å². The second kappa shape index (κ2) is 21.1. The molecule has 344 valence electrons. The minimum absolute atomic E-state index is 0.0139. The number of likely N-dealkylation sites (N-methyl/N-ethyl adjacent to an activating group) is 1. The van der Waals surface area contributed by atoms with Gasteiger partial charge in [-0.1, -0.05) is 51.1 Å². The van der Waals surface area contributed by atoms with Crippen molar-refractivity contribution in [3.05, 3.63) is 88.2 Å². The van der Waals surface area contributed by atoms with Gasteiger partial charge >= 0.3 is 0 Å². The summed E-state index contributed by atoms with van der Waals surface area (Å²) in [5.41, 5.74) is 15.9. The van der Waals surface area contributed by atoms with Gasteiger partial charge in [0.05, 0.1) is 30.1 Å². The van der Waals surface area contributed by atoms with Crippen LogP contribution in [0.25, 0.3) is 22.5 Å². The highest BCUT2D eigenvalue weighted by Gasteiger charge is 2.37. The van der Waals surface area contributed by atoms with E-state index in [0.29, 0.717) is 34.1 Å². The number of aromatic hydroxyl groups is 1. The number of rotatable bonds is 13. The van der Waals surface area contributed by atoms with E-state index in [-0.39, 0.29) is 72.7 Å². The number of benzene rings is 3. The average molecular weight is 891 g/mol. The van der Waals surface area contributed by atoms with Crippen molar-refractivity contribution < 1.29 is 38.6 Å². The lowest BCUT2D eigenvalue weighted by atomic mass is 9.86. The standard InChI is InChI=1S/C47H58N10O8/c1-25-39(26(2)53-41(52-25)28-9-12-31(13-10-28)47(4,5)6)44(61)55-34(15-16-48)46(63)57(7)40-29-11-14-37(65-20-18-50)32(21-29)33-22-30(36(58)24-38(33)64-8)23-35(43(60)51-19-17-49)56-42(59)27(3)54-45(40)62/h9-14,21-22,24,27,34-35,40,58H,15-16,18-20,23,48,50H2,1-8H3,(H,51,60)(H,54,62)(H,55,61)(H,56,59)/t27-,34?,35-,40-/m0/s1. The Labute approximate surface area is 378 Å². The summed E-state index contributed by atoms with van der Waals surface area (Å²) < 4.78 is 11.7. The van der Waals surface area contributed by atoms with Crippen molar-refractivity contribution >= 4 is 29.5 Å². The molecule has 0 radical (unpaired) electrons. The Hall–Kier alpha value is -7.10. The number of nitrogens with one attached hydrogen (secondary N) is 4. The molecular weight excluding hydrogens is 833 g/mol. The number of phenolic OH excluding ortho intramolecular Hbond substituents is 1. The third-order valence-electron chi connectivity index (χ3n) is 11.1. The molecule has 65 heavy (non-hydrogen) atoms. The fourth-order valence-electron chi connectivity index (χ4n) is 7.59. The summed E-state index contributed by atoms with van der Waals surface area (Å²) in [5.74, 6) is -2.88. The van der Waals surface area contributed by atoms with Crippen LogP contribution in [-0.4, -0.2) is 108 Å². The summed E-state index contributed by atoms with van der Waals surface area (Å²) in [6, 6.07) is 12.2. The number of amides is 5. The lowest BCUT2D eigenvalue weighted by Crippen LogP contribution is -2.56. The van der Waals surface area contributed by atoms with Crippen molar-refractivity contribution in [3.8, 4) is 45.8 Å². The van der Waals surface area contributed by atoms with Crippen LogP contribution in [0.2, 0.25) is 0 Å².